The SMILES string of the molecule is C=C/C(O)=C(/O)C(=C)CC. The standard InChI is InChI=1S/C8H12O2/c1-4-6(3)8(10)7(9)5-2/h5,9-10H,2-4H2,1H3/b8-7-. The zero-order valence-corrected chi connectivity index (χ0v) is 6.09. The second-order valence-electron chi connectivity index (χ2n) is 1.90. The summed E-state index contributed by atoms with van der Waals surface area (Å²) in [5.41, 5.74) is 0.511. The first-order valence-electron chi connectivity index (χ1n) is 3.06. The Morgan fingerprint density at radius 2 is 2.00 bits per heavy atom. The summed E-state index contributed by atoms with van der Waals surface area (Å²) in [5, 5.41) is 17.9. The van der Waals surface area contributed by atoms with Crippen molar-refractivity contribution in [3.05, 3.63) is 36.3 Å². The minimum absolute atomic E-state index is 0.169. The first kappa shape index (κ1) is 8.82. The van der Waals surface area contributed by atoms with E-state index in [4.69, 9.17) is 10.2 Å². The van der Waals surface area contributed by atoms with Crippen LogP contribution in [0.2, 0.25) is 0 Å². The van der Waals surface area contributed by atoms with Gasteiger partial charge in [0, 0.05) is 0 Å². The monoisotopic (exact) mass is 140 g/mol. The van der Waals surface area contributed by atoms with Crippen LogP contribution in [-0.4, -0.2) is 10.2 Å². The first-order valence-corrected chi connectivity index (χ1v) is 3.06. The third-order valence-electron chi connectivity index (χ3n) is 1.20. The van der Waals surface area contributed by atoms with Crippen LogP contribution in [0.1, 0.15) is 13.3 Å². The number of aliphatic hydroxyl groups excluding tert-OH is 2. The van der Waals surface area contributed by atoms with Crippen molar-refractivity contribution in [2.75, 3.05) is 0 Å². The lowest BCUT2D eigenvalue weighted by molar-refractivity contribution is 0.345. The summed E-state index contributed by atoms with van der Waals surface area (Å²) in [6.45, 7) is 8.66. The van der Waals surface area contributed by atoms with Gasteiger partial charge in [-0.25, -0.2) is 0 Å². The second kappa shape index (κ2) is 3.77. The Morgan fingerprint density at radius 3 is 2.30 bits per heavy atom. The average Bonchev–Trinajstić information content (AvgIpc) is 2.00. The van der Waals surface area contributed by atoms with Crippen molar-refractivity contribution in [1.29, 1.82) is 0 Å². The van der Waals surface area contributed by atoms with Crippen LogP contribution >= 0.6 is 0 Å². The van der Waals surface area contributed by atoms with E-state index in [1.165, 1.54) is 6.08 Å². The molecule has 10 heavy (non-hydrogen) atoms. The van der Waals surface area contributed by atoms with Gasteiger partial charge in [-0.1, -0.05) is 20.1 Å². The summed E-state index contributed by atoms with van der Waals surface area (Å²) in [7, 11) is 0. The predicted octanol–water partition coefficient (Wildman–Crippen LogP) is 2.47. The van der Waals surface area contributed by atoms with Gasteiger partial charge in [0.05, 0.1) is 0 Å². The van der Waals surface area contributed by atoms with Gasteiger partial charge in [-0.2, -0.15) is 0 Å². The van der Waals surface area contributed by atoms with E-state index in [0.717, 1.165) is 0 Å². The Kier molecular flexibility index (Phi) is 3.33. The smallest absolute Gasteiger partial charge is 0.160 e. The van der Waals surface area contributed by atoms with E-state index >= 15 is 0 Å². The molecule has 0 saturated heterocycles. The Bertz CT molecular complexity index is 178. The van der Waals surface area contributed by atoms with E-state index < -0.39 is 0 Å². The highest BCUT2D eigenvalue weighted by molar-refractivity contribution is 5.27. The molecule has 2 nitrogen and oxygen atoms in total. The predicted molar refractivity (Wildman–Crippen MR) is 41.9 cm³/mol. The van der Waals surface area contributed by atoms with Gasteiger partial charge in [-0.15, -0.1) is 0 Å². The molecule has 0 rings (SSSR count). The van der Waals surface area contributed by atoms with Gasteiger partial charge in [0.2, 0.25) is 0 Å². The van der Waals surface area contributed by atoms with E-state index in [2.05, 4.69) is 13.2 Å². The van der Waals surface area contributed by atoms with Gasteiger partial charge < -0.3 is 10.2 Å². The lowest BCUT2D eigenvalue weighted by Crippen LogP contribution is -1.90. The fourth-order valence-electron chi connectivity index (χ4n) is 0.445. The fourth-order valence-corrected chi connectivity index (χ4v) is 0.445. The van der Waals surface area contributed by atoms with Crippen LogP contribution in [0.5, 0.6) is 0 Å². The topological polar surface area (TPSA) is 40.5 Å². The summed E-state index contributed by atoms with van der Waals surface area (Å²) in [5.74, 6) is -0.385. The molecule has 0 aromatic heterocycles. The third kappa shape index (κ3) is 1.97. The summed E-state index contributed by atoms with van der Waals surface area (Å²) >= 11 is 0. The zero-order chi connectivity index (χ0) is 8.15. The van der Waals surface area contributed by atoms with Crippen molar-refractivity contribution >= 4 is 0 Å². The van der Waals surface area contributed by atoms with Gasteiger partial charge in [0.25, 0.3) is 0 Å². The molecule has 0 atom stereocenters. The third-order valence-corrected chi connectivity index (χ3v) is 1.20. The normalized spacial score (nSPS) is 12.1. The lowest BCUT2D eigenvalue weighted by Gasteiger charge is -2.00. The molecule has 0 aliphatic carbocycles. The Labute approximate surface area is 60.8 Å². The molecule has 0 fully saturated rings. The van der Waals surface area contributed by atoms with Crippen molar-refractivity contribution in [2.24, 2.45) is 0 Å². The van der Waals surface area contributed by atoms with Crippen LogP contribution in [0, 0.1) is 0 Å². The van der Waals surface area contributed by atoms with E-state index in [0.29, 0.717) is 12.0 Å². The van der Waals surface area contributed by atoms with Crippen LogP contribution in [0.15, 0.2) is 36.3 Å². The van der Waals surface area contributed by atoms with Crippen molar-refractivity contribution < 1.29 is 10.2 Å². The number of aliphatic hydroxyl groups is 2. The molecule has 0 radical (unpaired) electrons. The molecule has 2 N–H and O–H groups in total. The Hall–Kier alpha value is -1.18. The van der Waals surface area contributed by atoms with Crippen LogP contribution in [-0.2, 0) is 0 Å². The summed E-state index contributed by atoms with van der Waals surface area (Å²) in [6, 6.07) is 0. The number of allylic oxidation sites excluding steroid dienone is 2. The number of rotatable bonds is 3. The van der Waals surface area contributed by atoms with Crippen molar-refractivity contribution in [1.82, 2.24) is 0 Å². The molecule has 0 heterocycles. The zero-order valence-electron chi connectivity index (χ0n) is 6.09. The molecule has 0 unspecified atom stereocenters. The van der Waals surface area contributed by atoms with Gasteiger partial charge in [-0.05, 0) is 18.1 Å². The van der Waals surface area contributed by atoms with Gasteiger partial charge in [0.15, 0.2) is 11.5 Å². The Morgan fingerprint density at radius 1 is 1.50 bits per heavy atom. The maximum absolute atomic E-state index is 9.05. The highest BCUT2D eigenvalue weighted by Gasteiger charge is 2.01. The molecule has 0 saturated carbocycles. The van der Waals surface area contributed by atoms with E-state index in [-0.39, 0.29) is 11.5 Å². The minimum atomic E-state index is -0.216. The van der Waals surface area contributed by atoms with Crippen LogP contribution in [0.3, 0.4) is 0 Å². The van der Waals surface area contributed by atoms with Crippen LogP contribution in [0.25, 0.3) is 0 Å². The highest BCUT2D eigenvalue weighted by atomic mass is 16.3. The van der Waals surface area contributed by atoms with Crippen LogP contribution < -0.4 is 0 Å². The molecular formula is C8H12O2. The maximum Gasteiger partial charge on any atom is 0.160 e. The van der Waals surface area contributed by atoms with Gasteiger partial charge in [0.1, 0.15) is 0 Å². The summed E-state index contributed by atoms with van der Waals surface area (Å²) in [6.07, 6.45) is 1.79. The second-order valence-corrected chi connectivity index (χ2v) is 1.90. The molecule has 0 aliphatic heterocycles. The largest absolute Gasteiger partial charge is 0.504 e. The molecule has 0 aromatic carbocycles. The van der Waals surface area contributed by atoms with E-state index in [1.54, 1.807) is 0 Å². The fraction of sp³-hybridized carbons (Fsp3) is 0.250. The first-order chi connectivity index (χ1) is 4.63. The van der Waals surface area contributed by atoms with E-state index in [1.807, 2.05) is 6.92 Å². The van der Waals surface area contributed by atoms with Gasteiger partial charge >= 0.3 is 0 Å². The molecule has 56 valence electrons. The molecule has 0 aromatic rings. The maximum atomic E-state index is 9.05. The van der Waals surface area contributed by atoms with Crippen molar-refractivity contribution in [3.63, 3.8) is 0 Å². The van der Waals surface area contributed by atoms with Gasteiger partial charge in [-0.3, -0.25) is 0 Å². The van der Waals surface area contributed by atoms with E-state index in [9.17, 15) is 0 Å². The van der Waals surface area contributed by atoms with Crippen LogP contribution in [0.4, 0.5) is 0 Å². The molecule has 0 amide bonds. The lowest BCUT2D eigenvalue weighted by atomic mass is 10.2. The minimum Gasteiger partial charge on any atom is -0.504 e. The van der Waals surface area contributed by atoms with Crippen molar-refractivity contribution in [3.8, 4) is 0 Å². The summed E-state index contributed by atoms with van der Waals surface area (Å²) in [4.78, 5) is 0. The highest BCUT2D eigenvalue weighted by Crippen LogP contribution is 2.11. The van der Waals surface area contributed by atoms with Crippen molar-refractivity contribution in [2.45, 2.75) is 13.3 Å². The summed E-state index contributed by atoms with van der Waals surface area (Å²) < 4.78 is 0. The molecule has 0 spiro atoms. The number of hydrogen-bond acceptors (Lipinski definition) is 2. The molecule has 2 heteroatoms. The average molecular weight is 140 g/mol. The number of hydrogen-bond donors (Lipinski definition) is 2. The molecular weight excluding hydrogens is 128 g/mol. The molecule has 0 bridgehead atoms. The molecule has 0 aliphatic rings. The Balaban J connectivity index is 4.45. The quantitative estimate of drug-likeness (QED) is 0.467.